The van der Waals surface area contributed by atoms with Crippen LogP contribution in [-0.2, 0) is 16.9 Å². The third-order valence-corrected chi connectivity index (χ3v) is 7.18. The van der Waals surface area contributed by atoms with Crippen molar-refractivity contribution in [2.75, 3.05) is 25.7 Å². The number of imidazole rings is 1. The Labute approximate surface area is 211 Å². The van der Waals surface area contributed by atoms with Crippen LogP contribution < -0.4 is 15.2 Å². The van der Waals surface area contributed by atoms with Crippen molar-refractivity contribution in [2.24, 2.45) is 7.05 Å². The van der Waals surface area contributed by atoms with Crippen molar-refractivity contribution in [3.05, 3.63) is 75.8 Å². The standard InChI is InChI=1S/C27H31N3O5S/c1-7-35-26-25(34-5)13-11-21(28-26)24(16-36(6,32)33)30-22-12-10-19(15-23(22)29(4)27(30)31)20-14-17(2)8-9-18(20)3/h8-15,24H,7,16H2,1-6H3. The molecule has 0 spiro atoms. The van der Waals surface area contributed by atoms with Crippen molar-refractivity contribution in [1.82, 2.24) is 14.1 Å². The summed E-state index contributed by atoms with van der Waals surface area (Å²) in [6.45, 7) is 6.28. The van der Waals surface area contributed by atoms with Crippen LogP contribution in [-0.4, -0.2) is 48.3 Å². The maximum atomic E-state index is 13.5. The van der Waals surface area contributed by atoms with Gasteiger partial charge in [-0.2, -0.15) is 0 Å². The van der Waals surface area contributed by atoms with Crippen molar-refractivity contribution >= 4 is 20.9 Å². The van der Waals surface area contributed by atoms with E-state index in [1.165, 1.54) is 11.7 Å². The smallest absolute Gasteiger partial charge is 0.329 e. The van der Waals surface area contributed by atoms with Gasteiger partial charge in [0.25, 0.3) is 5.88 Å². The molecule has 0 N–H and O–H groups in total. The minimum absolute atomic E-state index is 0.251. The van der Waals surface area contributed by atoms with E-state index in [9.17, 15) is 13.2 Å². The largest absolute Gasteiger partial charge is 0.491 e. The third-order valence-electron chi connectivity index (χ3n) is 6.25. The highest BCUT2D eigenvalue weighted by atomic mass is 32.2. The van der Waals surface area contributed by atoms with Gasteiger partial charge >= 0.3 is 5.69 Å². The SMILES string of the molecule is CCOc1nc(C(CS(C)(=O)=O)n2c(=O)n(C)c3cc(-c4cc(C)ccc4C)ccc32)ccc1OC. The Morgan fingerprint density at radius 1 is 1.03 bits per heavy atom. The van der Waals surface area contributed by atoms with Crippen molar-refractivity contribution < 1.29 is 17.9 Å². The molecule has 8 nitrogen and oxygen atoms in total. The number of benzene rings is 2. The monoisotopic (exact) mass is 509 g/mol. The quantitative estimate of drug-likeness (QED) is 0.356. The number of hydrogen-bond acceptors (Lipinski definition) is 6. The predicted molar refractivity (Wildman–Crippen MR) is 142 cm³/mol. The van der Waals surface area contributed by atoms with Crippen LogP contribution in [0.15, 0.2) is 53.3 Å². The van der Waals surface area contributed by atoms with Gasteiger partial charge in [0.05, 0.1) is 42.2 Å². The molecule has 4 aromatic rings. The van der Waals surface area contributed by atoms with Crippen molar-refractivity contribution in [3.8, 4) is 22.8 Å². The zero-order valence-electron chi connectivity index (χ0n) is 21.4. The van der Waals surface area contributed by atoms with Gasteiger partial charge in [0.2, 0.25) is 0 Å². The number of sulfone groups is 1. The average molecular weight is 510 g/mol. The topological polar surface area (TPSA) is 92.4 Å². The highest BCUT2D eigenvalue weighted by molar-refractivity contribution is 7.90. The molecule has 1 unspecified atom stereocenters. The second-order valence-corrected chi connectivity index (χ2v) is 11.2. The fourth-order valence-corrected chi connectivity index (χ4v) is 5.37. The summed E-state index contributed by atoms with van der Waals surface area (Å²) in [6.07, 6.45) is 1.15. The first-order valence-electron chi connectivity index (χ1n) is 11.7. The van der Waals surface area contributed by atoms with E-state index >= 15 is 0 Å². The minimum Gasteiger partial charge on any atom is -0.491 e. The fourth-order valence-electron chi connectivity index (χ4n) is 4.48. The molecule has 0 aliphatic rings. The van der Waals surface area contributed by atoms with Gasteiger partial charge in [-0.25, -0.2) is 18.2 Å². The van der Waals surface area contributed by atoms with E-state index in [1.807, 2.05) is 32.0 Å². The summed E-state index contributed by atoms with van der Waals surface area (Å²) in [5.41, 5.74) is 5.75. The summed E-state index contributed by atoms with van der Waals surface area (Å²) in [6, 6.07) is 14.6. The molecule has 0 aliphatic heterocycles. The lowest BCUT2D eigenvalue weighted by atomic mass is 9.98. The Hall–Kier alpha value is -3.59. The minimum atomic E-state index is -3.48. The number of fused-ring (bicyclic) bond motifs is 1. The maximum Gasteiger partial charge on any atom is 0.329 e. The highest BCUT2D eigenvalue weighted by Crippen LogP contribution is 2.32. The first kappa shape index (κ1) is 25.5. The van der Waals surface area contributed by atoms with Crippen LogP contribution in [0.2, 0.25) is 0 Å². The highest BCUT2D eigenvalue weighted by Gasteiger charge is 2.27. The molecule has 2 heterocycles. The molecule has 0 fully saturated rings. The number of aryl methyl sites for hydroxylation is 3. The van der Waals surface area contributed by atoms with Gasteiger partial charge in [-0.1, -0.05) is 29.8 Å². The summed E-state index contributed by atoms with van der Waals surface area (Å²) in [4.78, 5) is 18.1. The van der Waals surface area contributed by atoms with Gasteiger partial charge in [0.15, 0.2) is 5.75 Å². The lowest BCUT2D eigenvalue weighted by Crippen LogP contribution is -2.31. The van der Waals surface area contributed by atoms with Crippen LogP contribution in [0.1, 0.15) is 29.8 Å². The van der Waals surface area contributed by atoms with Crippen LogP contribution in [0, 0.1) is 13.8 Å². The normalized spacial score (nSPS) is 12.6. The first-order chi connectivity index (χ1) is 17.0. The van der Waals surface area contributed by atoms with E-state index in [0.717, 1.165) is 28.5 Å². The number of rotatable bonds is 8. The number of aromatic nitrogens is 3. The van der Waals surface area contributed by atoms with Crippen molar-refractivity contribution in [3.63, 3.8) is 0 Å². The number of nitrogens with zero attached hydrogens (tertiary/aromatic N) is 3. The van der Waals surface area contributed by atoms with Crippen LogP contribution in [0.3, 0.4) is 0 Å². The van der Waals surface area contributed by atoms with E-state index in [4.69, 9.17) is 9.47 Å². The van der Waals surface area contributed by atoms with Gasteiger partial charge in [0, 0.05) is 13.3 Å². The summed E-state index contributed by atoms with van der Waals surface area (Å²) in [7, 11) is -0.276. The molecular weight excluding hydrogens is 478 g/mol. The van der Waals surface area contributed by atoms with Gasteiger partial charge in [-0.05, 0) is 61.7 Å². The van der Waals surface area contributed by atoms with Gasteiger partial charge in [0.1, 0.15) is 9.84 Å². The van der Waals surface area contributed by atoms with Gasteiger partial charge < -0.3 is 9.47 Å². The van der Waals surface area contributed by atoms with E-state index in [2.05, 4.69) is 30.1 Å². The lowest BCUT2D eigenvalue weighted by molar-refractivity contribution is 0.296. The maximum absolute atomic E-state index is 13.5. The Morgan fingerprint density at radius 2 is 1.78 bits per heavy atom. The van der Waals surface area contributed by atoms with Crippen LogP contribution >= 0.6 is 0 Å². The number of ether oxygens (including phenoxy) is 2. The van der Waals surface area contributed by atoms with E-state index in [1.54, 1.807) is 23.7 Å². The zero-order valence-corrected chi connectivity index (χ0v) is 22.2. The Kier molecular flexibility index (Phi) is 6.95. The Bertz CT molecular complexity index is 1600. The summed E-state index contributed by atoms with van der Waals surface area (Å²) < 4.78 is 39.0. The van der Waals surface area contributed by atoms with Crippen molar-refractivity contribution in [2.45, 2.75) is 26.8 Å². The van der Waals surface area contributed by atoms with Crippen LogP contribution in [0.25, 0.3) is 22.2 Å². The molecule has 0 saturated heterocycles. The van der Waals surface area contributed by atoms with E-state index in [0.29, 0.717) is 29.1 Å². The second kappa shape index (κ2) is 9.81. The molecule has 9 heteroatoms. The van der Waals surface area contributed by atoms with Crippen LogP contribution in [0.4, 0.5) is 0 Å². The Morgan fingerprint density at radius 3 is 2.44 bits per heavy atom. The molecule has 0 saturated carbocycles. The molecule has 0 bridgehead atoms. The average Bonchev–Trinajstić information content (AvgIpc) is 3.08. The summed E-state index contributed by atoms with van der Waals surface area (Å²) in [5, 5.41) is 0. The van der Waals surface area contributed by atoms with Crippen molar-refractivity contribution in [1.29, 1.82) is 0 Å². The molecule has 4 rings (SSSR count). The fraction of sp³-hybridized carbons (Fsp3) is 0.333. The third kappa shape index (κ3) is 4.88. The van der Waals surface area contributed by atoms with Crippen LogP contribution in [0.5, 0.6) is 11.6 Å². The number of hydrogen-bond donors (Lipinski definition) is 0. The van der Waals surface area contributed by atoms with Gasteiger partial charge in [-0.3, -0.25) is 9.13 Å². The molecule has 36 heavy (non-hydrogen) atoms. The summed E-state index contributed by atoms with van der Waals surface area (Å²) in [5.74, 6) is 0.388. The second-order valence-electron chi connectivity index (χ2n) is 9.02. The number of methoxy groups -OCH3 is 1. The molecule has 2 aromatic carbocycles. The van der Waals surface area contributed by atoms with E-state index in [-0.39, 0.29) is 17.3 Å². The predicted octanol–water partition coefficient (Wildman–Crippen LogP) is 4.06. The first-order valence-corrected chi connectivity index (χ1v) is 13.7. The van der Waals surface area contributed by atoms with E-state index < -0.39 is 15.9 Å². The molecule has 0 aliphatic carbocycles. The molecule has 0 amide bonds. The summed E-state index contributed by atoms with van der Waals surface area (Å²) >= 11 is 0. The number of pyridine rings is 1. The molecule has 0 radical (unpaired) electrons. The lowest BCUT2D eigenvalue weighted by Gasteiger charge is -2.19. The molecule has 190 valence electrons. The molecule has 1 atom stereocenters. The molecule has 2 aromatic heterocycles. The Balaban J connectivity index is 1.94. The van der Waals surface area contributed by atoms with Gasteiger partial charge in [-0.15, -0.1) is 0 Å². The zero-order chi connectivity index (χ0) is 26.2. The molecular formula is C27H31N3O5S.